The third-order valence-corrected chi connectivity index (χ3v) is 3.01. The van der Waals surface area contributed by atoms with E-state index in [1.165, 1.54) is 0 Å². The van der Waals surface area contributed by atoms with Crippen LogP contribution >= 0.6 is 11.3 Å². The Morgan fingerprint density at radius 2 is 2.31 bits per heavy atom. The molecule has 1 heterocycles. The van der Waals surface area contributed by atoms with Gasteiger partial charge in [-0.05, 0) is 20.3 Å². The van der Waals surface area contributed by atoms with Gasteiger partial charge in [0.25, 0.3) is 0 Å². The van der Waals surface area contributed by atoms with Crippen LogP contribution in [0.15, 0.2) is 11.6 Å². The molecule has 16 heavy (non-hydrogen) atoms. The smallest absolute Gasteiger partial charge is 0.234 e. The zero-order valence-corrected chi connectivity index (χ0v) is 10.8. The van der Waals surface area contributed by atoms with Crippen molar-refractivity contribution in [3.63, 3.8) is 0 Å². The second kappa shape index (κ2) is 6.60. The van der Waals surface area contributed by atoms with Crippen LogP contribution in [0, 0.1) is 0 Å². The number of nitrogens with one attached hydrogen (secondary N) is 2. The van der Waals surface area contributed by atoms with Crippen molar-refractivity contribution in [2.24, 2.45) is 0 Å². The van der Waals surface area contributed by atoms with E-state index >= 15 is 0 Å². The molecule has 0 saturated heterocycles. The summed E-state index contributed by atoms with van der Waals surface area (Å²) < 4.78 is 0. The van der Waals surface area contributed by atoms with Crippen LogP contribution in [-0.2, 0) is 4.79 Å². The van der Waals surface area contributed by atoms with Gasteiger partial charge >= 0.3 is 0 Å². The Morgan fingerprint density at radius 3 is 2.81 bits per heavy atom. The van der Waals surface area contributed by atoms with Crippen molar-refractivity contribution < 1.29 is 4.79 Å². The Hall–Kier alpha value is -0.940. The average Bonchev–Trinajstić information content (AvgIpc) is 2.71. The highest BCUT2D eigenvalue weighted by Crippen LogP contribution is 2.18. The Kier molecular flexibility index (Phi) is 5.42. The molecule has 1 aromatic heterocycles. The fraction of sp³-hybridized carbons (Fsp3) is 0.636. The molecule has 1 aromatic rings. The average molecular weight is 241 g/mol. The van der Waals surface area contributed by atoms with E-state index in [-0.39, 0.29) is 18.0 Å². The highest BCUT2D eigenvalue weighted by atomic mass is 32.1. The zero-order chi connectivity index (χ0) is 12.0. The molecule has 0 fully saturated rings. The minimum Gasteiger partial charge on any atom is -0.353 e. The van der Waals surface area contributed by atoms with E-state index in [9.17, 15) is 4.79 Å². The first-order valence-corrected chi connectivity index (χ1v) is 6.43. The normalized spacial score (nSPS) is 12.8. The molecule has 90 valence electrons. The van der Waals surface area contributed by atoms with Crippen molar-refractivity contribution in [1.82, 2.24) is 15.6 Å². The summed E-state index contributed by atoms with van der Waals surface area (Å²) in [7, 11) is 0. The molecule has 0 aliphatic rings. The van der Waals surface area contributed by atoms with Crippen molar-refractivity contribution in [3.05, 3.63) is 16.6 Å². The summed E-state index contributed by atoms with van der Waals surface area (Å²) in [5, 5.41) is 9.06. The van der Waals surface area contributed by atoms with E-state index in [1.54, 1.807) is 17.5 Å². The molecular formula is C11H19N3OS. The number of rotatable bonds is 6. The van der Waals surface area contributed by atoms with Crippen LogP contribution in [0.4, 0.5) is 0 Å². The van der Waals surface area contributed by atoms with Gasteiger partial charge in [-0.3, -0.25) is 10.1 Å². The van der Waals surface area contributed by atoms with Gasteiger partial charge in [0.05, 0.1) is 12.6 Å². The standard InChI is InChI=1S/C11H19N3OS/c1-4-9(11-12-5-6-16-11)13-7-10(15)14-8(2)3/h5-6,8-9,13H,4,7H2,1-3H3,(H,14,15). The highest BCUT2D eigenvalue weighted by molar-refractivity contribution is 7.09. The molecule has 0 aliphatic carbocycles. The van der Waals surface area contributed by atoms with Crippen LogP contribution in [0.5, 0.6) is 0 Å². The fourth-order valence-corrected chi connectivity index (χ4v) is 2.20. The van der Waals surface area contributed by atoms with Gasteiger partial charge in [0, 0.05) is 17.6 Å². The molecule has 1 atom stereocenters. The van der Waals surface area contributed by atoms with E-state index < -0.39 is 0 Å². The third kappa shape index (κ3) is 4.28. The summed E-state index contributed by atoms with van der Waals surface area (Å²) in [6.45, 7) is 6.34. The lowest BCUT2D eigenvalue weighted by atomic mass is 10.2. The van der Waals surface area contributed by atoms with Crippen molar-refractivity contribution in [2.75, 3.05) is 6.54 Å². The monoisotopic (exact) mass is 241 g/mol. The summed E-state index contributed by atoms with van der Waals surface area (Å²) in [4.78, 5) is 15.7. The van der Waals surface area contributed by atoms with Gasteiger partial charge in [-0.15, -0.1) is 11.3 Å². The van der Waals surface area contributed by atoms with Crippen LogP contribution in [0.3, 0.4) is 0 Å². The number of hydrogen-bond acceptors (Lipinski definition) is 4. The molecular weight excluding hydrogens is 222 g/mol. The molecule has 4 nitrogen and oxygen atoms in total. The second-order valence-corrected chi connectivity index (χ2v) is 4.86. The molecule has 1 rings (SSSR count). The summed E-state index contributed by atoms with van der Waals surface area (Å²) in [5.74, 6) is 0.0324. The van der Waals surface area contributed by atoms with Crippen LogP contribution in [0.2, 0.25) is 0 Å². The van der Waals surface area contributed by atoms with Gasteiger partial charge in [0.2, 0.25) is 5.91 Å². The highest BCUT2D eigenvalue weighted by Gasteiger charge is 2.12. The Labute approximate surface area is 100 Å². The Balaban J connectivity index is 2.38. The number of carbonyl (C=O) groups is 1. The first-order valence-electron chi connectivity index (χ1n) is 5.55. The SMILES string of the molecule is CCC(NCC(=O)NC(C)C)c1nccs1. The van der Waals surface area contributed by atoms with Gasteiger partial charge in [-0.1, -0.05) is 6.92 Å². The lowest BCUT2D eigenvalue weighted by Crippen LogP contribution is -2.38. The molecule has 0 aliphatic heterocycles. The van der Waals surface area contributed by atoms with Crippen molar-refractivity contribution in [1.29, 1.82) is 0 Å². The van der Waals surface area contributed by atoms with E-state index in [4.69, 9.17) is 0 Å². The minimum atomic E-state index is 0.0324. The van der Waals surface area contributed by atoms with Gasteiger partial charge in [0.1, 0.15) is 5.01 Å². The molecule has 1 unspecified atom stereocenters. The quantitative estimate of drug-likeness (QED) is 0.797. The molecule has 0 aromatic carbocycles. The maximum absolute atomic E-state index is 11.5. The molecule has 0 radical (unpaired) electrons. The molecule has 5 heteroatoms. The number of hydrogen-bond donors (Lipinski definition) is 2. The van der Waals surface area contributed by atoms with Crippen molar-refractivity contribution >= 4 is 17.2 Å². The minimum absolute atomic E-state index is 0.0324. The lowest BCUT2D eigenvalue weighted by Gasteiger charge is -2.15. The molecule has 0 spiro atoms. The van der Waals surface area contributed by atoms with E-state index in [1.807, 2.05) is 19.2 Å². The molecule has 2 N–H and O–H groups in total. The molecule has 0 saturated carbocycles. The van der Waals surface area contributed by atoms with E-state index in [2.05, 4.69) is 22.5 Å². The lowest BCUT2D eigenvalue weighted by molar-refractivity contribution is -0.120. The molecule has 0 bridgehead atoms. The first-order chi connectivity index (χ1) is 7.63. The summed E-state index contributed by atoms with van der Waals surface area (Å²) in [6.07, 6.45) is 2.72. The third-order valence-electron chi connectivity index (χ3n) is 2.12. The predicted molar refractivity (Wildman–Crippen MR) is 66.4 cm³/mol. The molecule has 1 amide bonds. The second-order valence-electron chi connectivity index (χ2n) is 3.93. The van der Waals surface area contributed by atoms with E-state index in [0.717, 1.165) is 11.4 Å². The first kappa shape index (κ1) is 13.1. The fourth-order valence-electron chi connectivity index (χ4n) is 1.40. The van der Waals surface area contributed by atoms with Crippen LogP contribution in [0.1, 0.15) is 38.2 Å². The van der Waals surface area contributed by atoms with Crippen molar-refractivity contribution in [3.8, 4) is 0 Å². The number of thiazole rings is 1. The number of aromatic nitrogens is 1. The summed E-state index contributed by atoms with van der Waals surface area (Å²) >= 11 is 1.62. The Bertz CT molecular complexity index is 311. The number of carbonyl (C=O) groups excluding carboxylic acids is 1. The van der Waals surface area contributed by atoms with Gasteiger partial charge in [0.15, 0.2) is 0 Å². The van der Waals surface area contributed by atoms with Crippen molar-refractivity contribution in [2.45, 2.75) is 39.3 Å². The van der Waals surface area contributed by atoms with Crippen LogP contribution in [0.25, 0.3) is 0 Å². The van der Waals surface area contributed by atoms with Gasteiger partial charge in [-0.25, -0.2) is 4.98 Å². The number of nitrogens with zero attached hydrogens (tertiary/aromatic N) is 1. The maximum atomic E-state index is 11.5. The topological polar surface area (TPSA) is 54.0 Å². The summed E-state index contributed by atoms with van der Waals surface area (Å²) in [6, 6.07) is 0.368. The number of amides is 1. The predicted octanol–water partition coefficient (Wildman–Crippen LogP) is 1.71. The summed E-state index contributed by atoms with van der Waals surface area (Å²) in [5.41, 5.74) is 0. The van der Waals surface area contributed by atoms with Crippen LogP contribution < -0.4 is 10.6 Å². The van der Waals surface area contributed by atoms with E-state index in [0.29, 0.717) is 6.54 Å². The van der Waals surface area contributed by atoms with Gasteiger partial charge in [-0.2, -0.15) is 0 Å². The largest absolute Gasteiger partial charge is 0.353 e. The maximum Gasteiger partial charge on any atom is 0.234 e. The van der Waals surface area contributed by atoms with Gasteiger partial charge < -0.3 is 5.32 Å². The zero-order valence-electron chi connectivity index (χ0n) is 9.99. The Morgan fingerprint density at radius 1 is 1.56 bits per heavy atom. The van der Waals surface area contributed by atoms with Crippen LogP contribution in [-0.4, -0.2) is 23.5 Å².